The lowest BCUT2D eigenvalue weighted by atomic mass is 9.91. The molecule has 118 valence electrons. The van der Waals surface area contributed by atoms with Crippen molar-refractivity contribution in [1.82, 2.24) is 14.5 Å². The van der Waals surface area contributed by atoms with E-state index in [1.54, 1.807) is 4.90 Å². The zero-order chi connectivity index (χ0) is 15.7. The van der Waals surface area contributed by atoms with Crippen LogP contribution in [-0.2, 0) is 11.3 Å². The number of aromatic amines is 1. The van der Waals surface area contributed by atoms with Crippen LogP contribution in [0.15, 0.2) is 29.1 Å². The van der Waals surface area contributed by atoms with Crippen LogP contribution in [0.4, 0.5) is 0 Å². The fraction of sp³-hybridized carbons (Fsp3) is 0.500. The van der Waals surface area contributed by atoms with Crippen molar-refractivity contribution < 1.29 is 9.90 Å². The van der Waals surface area contributed by atoms with E-state index in [1.807, 2.05) is 24.3 Å². The molecule has 2 unspecified atom stereocenters. The average Bonchev–Trinajstić information content (AvgIpc) is 2.83. The van der Waals surface area contributed by atoms with Gasteiger partial charge in [0, 0.05) is 6.54 Å². The Morgan fingerprint density at radius 2 is 2.18 bits per heavy atom. The summed E-state index contributed by atoms with van der Waals surface area (Å²) in [6, 6.07) is 7.18. The topological polar surface area (TPSA) is 78.3 Å². The molecule has 0 spiro atoms. The molecule has 1 saturated heterocycles. The number of rotatable bonds is 3. The van der Waals surface area contributed by atoms with Crippen LogP contribution in [0.1, 0.15) is 19.8 Å². The smallest absolute Gasteiger partial charge is 0.326 e. The first kappa shape index (κ1) is 14.8. The second-order valence-electron chi connectivity index (χ2n) is 5.99. The van der Waals surface area contributed by atoms with Gasteiger partial charge in [0.15, 0.2) is 0 Å². The molecular formula is C16H21N3O3. The summed E-state index contributed by atoms with van der Waals surface area (Å²) in [5.41, 5.74) is 1.18. The maximum Gasteiger partial charge on any atom is 0.326 e. The van der Waals surface area contributed by atoms with E-state index < -0.39 is 0 Å². The van der Waals surface area contributed by atoms with Crippen molar-refractivity contribution in [3.05, 3.63) is 34.7 Å². The van der Waals surface area contributed by atoms with E-state index in [0.717, 1.165) is 23.9 Å². The Morgan fingerprint density at radius 3 is 2.95 bits per heavy atom. The van der Waals surface area contributed by atoms with Crippen LogP contribution in [-0.4, -0.2) is 44.7 Å². The van der Waals surface area contributed by atoms with Crippen LogP contribution in [0.2, 0.25) is 0 Å². The normalized spacial score (nSPS) is 22.2. The number of carbonyl (C=O) groups is 1. The quantitative estimate of drug-likeness (QED) is 0.886. The fourth-order valence-corrected chi connectivity index (χ4v) is 3.33. The number of likely N-dealkylation sites (tertiary alicyclic amines) is 1. The minimum atomic E-state index is -0.278. The number of benzene rings is 1. The standard InChI is InChI=1S/C16H21N3O3/c1-11-5-4-8-18(14(11)10-20)15(21)9-19-13-7-3-2-6-12(13)17-16(19)22/h2-3,6-7,11,14,20H,4-5,8-10H2,1H3,(H,17,22). The van der Waals surface area contributed by atoms with Crippen LogP contribution in [0.5, 0.6) is 0 Å². The molecule has 1 aromatic heterocycles. The molecule has 1 aliphatic rings. The van der Waals surface area contributed by atoms with Crippen molar-refractivity contribution in [1.29, 1.82) is 0 Å². The summed E-state index contributed by atoms with van der Waals surface area (Å²) in [6.45, 7) is 2.67. The molecule has 2 N–H and O–H groups in total. The number of piperidine rings is 1. The first-order valence-electron chi connectivity index (χ1n) is 7.69. The third kappa shape index (κ3) is 2.54. The van der Waals surface area contributed by atoms with Crippen molar-refractivity contribution in [2.24, 2.45) is 5.92 Å². The van der Waals surface area contributed by atoms with Crippen molar-refractivity contribution >= 4 is 16.9 Å². The van der Waals surface area contributed by atoms with E-state index in [1.165, 1.54) is 4.57 Å². The van der Waals surface area contributed by atoms with Gasteiger partial charge in [0.25, 0.3) is 0 Å². The molecule has 22 heavy (non-hydrogen) atoms. The van der Waals surface area contributed by atoms with Crippen molar-refractivity contribution in [3.8, 4) is 0 Å². The molecule has 2 heterocycles. The van der Waals surface area contributed by atoms with Crippen LogP contribution in [0.3, 0.4) is 0 Å². The molecule has 6 nitrogen and oxygen atoms in total. The van der Waals surface area contributed by atoms with E-state index in [0.29, 0.717) is 6.54 Å². The zero-order valence-electron chi connectivity index (χ0n) is 12.7. The van der Waals surface area contributed by atoms with Gasteiger partial charge >= 0.3 is 5.69 Å². The Balaban J connectivity index is 1.86. The highest BCUT2D eigenvalue weighted by Gasteiger charge is 2.31. The van der Waals surface area contributed by atoms with E-state index in [9.17, 15) is 14.7 Å². The number of hydrogen-bond acceptors (Lipinski definition) is 3. The first-order valence-corrected chi connectivity index (χ1v) is 7.69. The predicted octanol–water partition coefficient (Wildman–Crippen LogP) is 0.949. The number of nitrogens with one attached hydrogen (secondary N) is 1. The maximum atomic E-state index is 12.6. The molecule has 1 aliphatic heterocycles. The zero-order valence-corrected chi connectivity index (χ0v) is 12.7. The largest absolute Gasteiger partial charge is 0.394 e. The van der Waals surface area contributed by atoms with Gasteiger partial charge in [-0.05, 0) is 30.9 Å². The van der Waals surface area contributed by atoms with Gasteiger partial charge in [0.05, 0.1) is 23.7 Å². The highest BCUT2D eigenvalue weighted by Crippen LogP contribution is 2.23. The maximum absolute atomic E-state index is 12.6. The number of carbonyl (C=O) groups excluding carboxylic acids is 1. The van der Waals surface area contributed by atoms with Gasteiger partial charge < -0.3 is 15.0 Å². The molecule has 6 heteroatoms. The van der Waals surface area contributed by atoms with E-state index in [4.69, 9.17) is 0 Å². The van der Waals surface area contributed by atoms with Gasteiger partial charge in [-0.25, -0.2) is 4.79 Å². The number of hydrogen-bond donors (Lipinski definition) is 2. The first-order chi connectivity index (χ1) is 10.6. The molecule has 0 aliphatic carbocycles. The second-order valence-corrected chi connectivity index (χ2v) is 5.99. The van der Waals surface area contributed by atoms with E-state index >= 15 is 0 Å². The third-order valence-electron chi connectivity index (χ3n) is 4.60. The number of amides is 1. The molecule has 0 bridgehead atoms. The Morgan fingerprint density at radius 1 is 1.41 bits per heavy atom. The minimum Gasteiger partial charge on any atom is -0.394 e. The number of imidazole rings is 1. The molecular weight excluding hydrogens is 282 g/mol. The Kier molecular flexibility index (Phi) is 4.02. The lowest BCUT2D eigenvalue weighted by molar-refractivity contribution is -0.138. The van der Waals surface area contributed by atoms with Gasteiger partial charge in [-0.1, -0.05) is 19.1 Å². The molecule has 2 aromatic rings. The summed E-state index contributed by atoms with van der Waals surface area (Å²) >= 11 is 0. The van der Waals surface area contributed by atoms with Crippen LogP contribution >= 0.6 is 0 Å². The fourth-order valence-electron chi connectivity index (χ4n) is 3.33. The number of para-hydroxylation sites is 2. The van der Waals surface area contributed by atoms with Gasteiger partial charge in [0.2, 0.25) is 5.91 Å². The summed E-state index contributed by atoms with van der Waals surface area (Å²) in [5, 5.41) is 9.56. The number of aliphatic hydroxyl groups excluding tert-OH is 1. The van der Waals surface area contributed by atoms with E-state index in [2.05, 4.69) is 11.9 Å². The number of nitrogens with zero attached hydrogens (tertiary/aromatic N) is 2. The molecule has 1 aromatic carbocycles. The van der Waals surface area contributed by atoms with Crippen molar-refractivity contribution in [2.45, 2.75) is 32.4 Å². The molecule has 2 atom stereocenters. The highest BCUT2D eigenvalue weighted by atomic mass is 16.3. The molecule has 3 rings (SSSR count). The Labute approximate surface area is 128 Å². The number of aliphatic hydroxyl groups is 1. The van der Waals surface area contributed by atoms with Crippen LogP contribution in [0.25, 0.3) is 11.0 Å². The minimum absolute atomic E-state index is 0.00602. The van der Waals surface area contributed by atoms with Crippen molar-refractivity contribution in [3.63, 3.8) is 0 Å². The number of H-pyrrole nitrogens is 1. The third-order valence-corrected chi connectivity index (χ3v) is 4.60. The summed E-state index contributed by atoms with van der Waals surface area (Å²) < 4.78 is 1.46. The highest BCUT2D eigenvalue weighted by molar-refractivity contribution is 5.80. The predicted molar refractivity (Wildman–Crippen MR) is 83.5 cm³/mol. The monoisotopic (exact) mass is 303 g/mol. The lowest BCUT2D eigenvalue weighted by Gasteiger charge is -2.39. The summed E-state index contributed by atoms with van der Waals surface area (Å²) in [5.74, 6) is 0.167. The van der Waals surface area contributed by atoms with Gasteiger partial charge in [-0.15, -0.1) is 0 Å². The number of fused-ring (bicyclic) bond motifs is 1. The van der Waals surface area contributed by atoms with Gasteiger partial charge in [-0.3, -0.25) is 9.36 Å². The number of aromatic nitrogens is 2. The molecule has 0 saturated carbocycles. The summed E-state index contributed by atoms with van der Waals surface area (Å²) in [4.78, 5) is 29.2. The average molecular weight is 303 g/mol. The van der Waals surface area contributed by atoms with Crippen LogP contribution in [0, 0.1) is 5.92 Å². The SMILES string of the molecule is CC1CCCN(C(=O)Cn2c(=O)[nH]c3ccccc32)C1CO. The van der Waals surface area contributed by atoms with E-state index in [-0.39, 0.29) is 36.7 Å². The van der Waals surface area contributed by atoms with Crippen molar-refractivity contribution in [2.75, 3.05) is 13.2 Å². The van der Waals surface area contributed by atoms with Gasteiger partial charge in [0.1, 0.15) is 6.54 Å². The molecule has 0 radical (unpaired) electrons. The lowest BCUT2D eigenvalue weighted by Crippen LogP contribution is -2.51. The summed E-state index contributed by atoms with van der Waals surface area (Å²) in [7, 11) is 0. The van der Waals surface area contributed by atoms with Gasteiger partial charge in [-0.2, -0.15) is 0 Å². The van der Waals surface area contributed by atoms with Crippen LogP contribution < -0.4 is 5.69 Å². The second kappa shape index (κ2) is 5.96. The molecule has 1 amide bonds. The Bertz CT molecular complexity index is 734. The molecule has 1 fully saturated rings. The summed E-state index contributed by atoms with van der Waals surface area (Å²) in [6.07, 6.45) is 1.95. The Hall–Kier alpha value is -2.08.